The second-order valence-corrected chi connectivity index (χ2v) is 12.5. The van der Waals surface area contributed by atoms with Crippen molar-refractivity contribution in [2.75, 3.05) is 0 Å². The molecule has 0 saturated heterocycles. The van der Waals surface area contributed by atoms with Crippen LogP contribution in [0, 0.1) is 0 Å². The highest BCUT2D eigenvalue weighted by molar-refractivity contribution is 7.70. The van der Waals surface area contributed by atoms with Gasteiger partial charge >= 0.3 is 11.9 Å². The summed E-state index contributed by atoms with van der Waals surface area (Å²) in [5.74, 6) is 0.254. The van der Waals surface area contributed by atoms with Gasteiger partial charge in [-0.1, -0.05) is 18.2 Å². The van der Waals surface area contributed by atoms with Gasteiger partial charge < -0.3 is 14.0 Å². The summed E-state index contributed by atoms with van der Waals surface area (Å²) >= 11 is 0. The average Bonchev–Trinajstić information content (AvgIpc) is 2.54. The SMILES string of the molecule is CC(C)(C)OC(=O)CC/C(=C\P(=O)(OC(C)(C)C)c1ccccc1)C(=O)OC(C)(C)C. The molecule has 7 heteroatoms. The highest BCUT2D eigenvalue weighted by atomic mass is 31.2. The zero-order chi connectivity index (χ0) is 24.1. The van der Waals surface area contributed by atoms with Crippen molar-refractivity contribution in [1.82, 2.24) is 0 Å². The Morgan fingerprint density at radius 3 is 1.77 bits per heavy atom. The Hall–Kier alpha value is -1.91. The van der Waals surface area contributed by atoms with E-state index in [2.05, 4.69) is 0 Å². The van der Waals surface area contributed by atoms with Crippen molar-refractivity contribution in [3.8, 4) is 0 Å². The van der Waals surface area contributed by atoms with Crippen molar-refractivity contribution in [1.29, 1.82) is 0 Å². The molecule has 1 aromatic carbocycles. The third-order valence-corrected chi connectivity index (χ3v) is 6.02. The first-order chi connectivity index (χ1) is 13.9. The van der Waals surface area contributed by atoms with E-state index in [1.165, 1.54) is 5.82 Å². The third kappa shape index (κ3) is 10.8. The van der Waals surface area contributed by atoms with Crippen molar-refractivity contribution >= 4 is 24.6 Å². The van der Waals surface area contributed by atoms with Crippen LogP contribution in [0.25, 0.3) is 0 Å². The number of ether oxygens (including phenoxy) is 2. The first-order valence-corrected chi connectivity index (χ1v) is 12.1. The van der Waals surface area contributed by atoms with Crippen LogP contribution in [0.2, 0.25) is 0 Å². The Kier molecular flexibility index (Phi) is 8.87. The molecule has 1 rings (SSSR count). The number of hydrogen-bond acceptors (Lipinski definition) is 6. The molecule has 1 atom stereocenters. The fraction of sp³-hybridized carbons (Fsp3) is 0.583. The molecule has 0 aromatic heterocycles. The Balaban J connectivity index is 3.38. The minimum Gasteiger partial charge on any atom is -0.460 e. The van der Waals surface area contributed by atoms with Crippen molar-refractivity contribution in [3.05, 3.63) is 41.7 Å². The van der Waals surface area contributed by atoms with Gasteiger partial charge in [-0.15, -0.1) is 0 Å². The monoisotopic (exact) mass is 452 g/mol. The van der Waals surface area contributed by atoms with Gasteiger partial charge in [0.05, 0.1) is 5.60 Å². The van der Waals surface area contributed by atoms with Gasteiger partial charge in [-0.2, -0.15) is 0 Å². The number of carbonyl (C=O) groups excluding carboxylic acids is 2. The predicted octanol–water partition coefficient (Wildman–Crippen LogP) is 5.75. The summed E-state index contributed by atoms with van der Waals surface area (Å²) in [4.78, 5) is 25.1. The Labute approximate surface area is 186 Å². The topological polar surface area (TPSA) is 78.9 Å². The van der Waals surface area contributed by atoms with E-state index in [1.807, 2.05) is 6.07 Å². The number of benzene rings is 1. The van der Waals surface area contributed by atoms with Crippen molar-refractivity contribution in [3.63, 3.8) is 0 Å². The molecule has 0 saturated carbocycles. The van der Waals surface area contributed by atoms with E-state index >= 15 is 0 Å². The number of hydrogen-bond donors (Lipinski definition) is 0. The second kappa shape index (κ2) is 10.1. The molecule has 1 unspecified atom stereocenters. The maximum Gasteiger partial charge on any atom is 0.334 e. The molecule has 0 spiro atoms. The normalized spacial score (nSPS) is 15.2. The van der Waals surface area contributed by atoms with Crippen molar-refractivity contribution in [2.24, 2.45) is 0 Å². The number of esters is 2. The van der Waals surface area contributed by atoms with Gasteiger partial charge in [0.2, 0.25) is 0 Å². The van der Waals surface area contributed by atoms with Crippen LogP contribution in [0.1, 0.15) is 75.2 Å². The molecule has 0 radical (unpaired) electrons. The molecule has 0 amide bonds. The van der Waals surface area contributed by atoms with E-state index in [4.69, 9.17) is 14.0 Å². The molecule has 31 heavy (non-hydrogen) atoms. The molecule has 0 bridgehead atoms. The Morgan fingerprint density at radius 2 is 1.32 bits per heavy atom. The van der Waals surface area contributed by atoms with Gasteiger partial charge in [-0.25, -0.2) is 4.79 Å². The van der Waals surface area contributed by atoms with E-state index in [0.29, 0.717) is 5.30 Å². The standard InChI is InChI=1S/C24H37O6P/c1-22(2,3)28-20(25)16-15-18(21(26)29-23(4,5)6)17-31(27,30-24(7,8)9)19-13-11-10-12-14-19/h10-14,17H,15-16H2,1-9H3/b18-17+. The summed E-state index contributed by atoms with van der Waals surface area (Å²) < 4.78 is 30.8. The molecule has 0 aliphatic heterocycles. The van der Waals surface area contributed by atoms with Gasteiger partial charge in [0.1, 0.15) is 11.2 Å². The first kappa shape index (κ1) is 27.1. The van der Waals surface area contributed by atoms with E-state index in [0.717, 1.165) is 0 Å². The van der Waals surface area contributed by atoms with Gasteiger partial charge in [-0.05, 0) is 80.9 Å². The summed E-state index contributed by atoms with van der Waals surface area (Å²) in [6.45, 7) is 16.0. The zero-order valence-corrected chi connectivity index (χ0v) is 21.2. The highest BCUT2D eigenvalue weighted by Crippen LogP contribution is 2.52. The lowest BCUT2D eigenvalue weighted by molar-refractivity contribution is -0.154. The van der Waals surface area contributed by atoms with Crippen LogP contribution in [-0.4, -0.2) is 28.7 Å². The van der Waals surface area contributed by atoms with Crippen LogP contribution in [0.15, 0.2) is 41.7 Å². The molecule has 1 aromatic rings. The maximum absolute atomic E-state index is 14.0. The highest BCUT2D eigenvalue weighted by Gasteiger charge is 2.32. The minimum atomic E-state index is -3.58. The van der Waals surface area contributed by atoms with Crippen LogP contribution in [0.3, 0.4) is 0 Å². The largest absolute Gasteiger partial charge is 0.460 e. The molecule has 6 nitrogen and oxygen atoms in total. The number of rotatable bonds is 7. The lowest BCUT2D eigenvalue weighted by Gasteiger charge is -2.27. The zero-order valence-electron chi connectivity index (χ0n) is 20.3. The average molecular weight is 453 g/mol. The molecule has 0 fully saturated rings. The molecule has 174 valence electrons. The van der Waals surface area contributed by atoms with Crippen molar-refractivity contribution < 1.29 is 28.2 Å². The van der Waals surface area contributed by atoms with Crippen LogP contribution < -0.4 is 5.30 Å². The molecule has 0 aliphatic rings. The van der Waals surface area contributed by atoms with Gasteiger partial charge in [0.15, 0.2) is 0 Å². The van der Waals surface area contributed by atoms with E-state index < -0.39 is 36.1 Å². The summed E-state index contributed by atoms with van der Waals surface area (Å²) in [7, 11) is -3.58. The molecular formula is C24H37O6P. The first-order valence-electron chi connectivity index (χ1n) is 10.4. The molecule has 0 aliphatic carbocycles. The minimum absolute atomic E-state index is 0.0220. The summed E-state index contributed by atoms with van der Waals surface area (Å²) in [5.41, 5.74) is -1.99. The molecule has 0 heterocycles. The van der Waals surface area contributed by atoms with Crippen molar-refractivity contribution in [2.45, 2.75) is 92.0 Å². The van der Waals surface area contributed by atoms with E-state index in [-0.39, 0.29) is 18.4 Å². The summed E-state index contributed by atoms with van der Waals surface area (Å²) in [5, 5.41) is 0.461. The van der Waals surface area contributed by atoms with Gasteiger partial charge in [-0.3, -0.25) is 9.36 Å². The Morgan fingerprint density at radius 1 is 0.806 bits per heavy atom. The summed E-state index contributed by atoms with van der Waals surface area (Å²) in [6, 6.07) is 8.73. The van der Waals surface area contributed by atoms with Crippen LogP contribution in [0.4, 0.5) is 0 Å². The summed E-state index contributed by atoms with van der Waals surface area (Å²) in [6.07, 6.45) is -0.0270. The molecule has 0 N–H and O–H groups in total. The fourth-order valence-electron chi connectivity index (χ4n) is 2.59. The molecular weight excluding hydrogens is 415 g/mol. The van der Waals surface area contributed by atoms with Gasteiger partial charge in [0, 0.05) is 23.1 Å². The smallest absolute Gasteiger partial charge is 0.334 e. The van der Waals surface area contributed by atoms with E-state index in [9.17, 15) is 14.2 Å². The lowest BCUT2D eigenvalue weighted by Crippen LogP contribution is -2.27. The van der Waals surface area contributed by atoms with E-state index in [1.54, 1.807) is 86.6 Å². The quantitative estimate of drug-likeness (QED) is 0.298. The lowest BCUT2D eigenvalue weighted by atomic mass is 10.1. The maximum atomic E-state index is 14.0. The third-order valence-electron chi connectivity index (χ3n) is 3.53. The Bertz CT molecular complexity index is 836. The number of carbonyl (C=O) groups is 2. The fourth-order valence-corrected chi connectivity index (χ4v) is 4.95. The second-order valence-electron chi connectivity index (χ2n) is 10.4. The predicted molar refractivity (Wildman–Crippen MR) is 124 cm³/mol. The van der Waals surface area contributed by atoms with Gasteiger partial charge in [0.25, 0.3) is 7.37 Å². The van der Waals surface area contributed by atoms with Crippen LogP contribution in [0.5, 0.6) is 0 Å². The van der Waals surface area contributed by atoms with Crippen LogP contribution >= 0.6 is 7.37 Å². The van der Waals surface area contributed by atoms with Crippen LogP contribution in [-0.2, 0) is 28.2 Å².